The zero-order valence-corrected chi connectivity index (χ0v) is 7.83. The van der Waals surface area contributed by atoms with Crippen molar-refractivity contribution in [1.29, 1.82) is 0 Å². The molecule has 0 radical (unpaired) electrons. The molecule has 1 unspecified atom stereocenters. The van der Waals surface area contributed by atoms with Crippen molar-refractivity contribution < 1.29 is 19.0 Å². The molecule has 12 heavy (non-hydrogen) atoms. The van der Waals surface area contributed by atoms with Crippen molar-refractivity contribution in [1.82, 2.24) is 0 Å². The average molecular weight is 176 g/mol. The number of rotatable bonds is 6. The summed E-state index contributed by atoms with van der Waals surface area (Å²) in [5.74, 6) is -0.464. The highest BCUT2D eigenvalue weighted by molar-refractivity contribution is 5.73. The summed E-state index contributed by atoms with van der Waals surface area (Å²) in [6.45, 7) is 4.54. The van der Waals surface area contributed by atoms with Crippen molar-refractivity contribution in [2.45, 2.75) is 26.6 Å². The molecule has 0 amide bonds. The van der Waals surface area contributed by atoms with Gasteiger partial charge in [-0.25, -0.2) is 4.79 Å². The van der Waals surface area contributed by atoms with Gasteiger partial charge in [0.25, 0.3) is 6.29 Å². The van der Waals surface area contributed by atoms with E-state index in [9.17, 15) is 4.79 Å². The van der Waals surface area contributed by atoms with Gasteiger partial charge >= 0.3 is 5.97 Å². The van der Waals surface area contributed by atoms with Crippen LogP contribution in [0.15, 0.2) is 0 Å². The van der Waals surface area contributed by atoms with Gasteiger partial charge in [0.2, 0.25) is 0 Å². The van der Waals surface area contributed by atoms with Gasteiger partial charge in [0.1, 0.15) is 0 Å². The van der Waals surface area contributed by atoms with Crippen LogP contribution in [0.2, 0.25) is 0 Å². The third-order valence-electron chi connectivity index (χ3n) is 1.17. The Morgan fingerprint density at radius 1 is 1.42 bits per heavy atom. The molecule has 4 nitrogen and oxygen atoms in total. The summed E-state index contributed by atoms with van der Waals surface area (Å²) in [5.41, 5.74) is 0. The molecule has 0 N–H and O–H groups in total. The second kappa shape index (κ2) is 7.06. The van der Waals surface area contributed by atoms with Crippen molar-refractivity contribution in [3.8, 4) is 0 Å². The zero-order chi connectivity index (χ0) is 9.40. The van der Waals surface area contributed by atoms with Gasteiger partial charge in [0.15, 0.2) is 0 Å². The summed E-state index contributed by atoms with van der Waals surface area (Å²) in [5, 5.41) is 0. The number of hydrogen-bond donors (Lipinski definition) is 0. The van der Waals surface area contributed by atoms with Crippen molar-refractivity contribution in [3.05, 3.63) is 0 Å². The lowest BCUT2D eigenvalue weighted by Crippen LogP contribution is -2.28. The van der Waals surface area contributed by atoms with E-state index in [1.54, 1.807) is 6.92 Å². The van der Waals surface area contributed by atoms with E-state index in [0.717, 1.165) is 6.42 Å². The van der Waals surface area contributed by atoms with E-state index in [4.69, 9.17) is 14.2 Å². The van der Waals surface area contributed by atoms with Gasteiger partial charge in [-0.1, -0.05) is 6.92 Å². The summed E-state index contributed by atoms with van der Waals surface area (Å²) < 4.78 is 14.5. The Balaban J connectivity index is 3.71. The average Bonchev–Trinajstić information content (AvgIpc) is 2.06. The Bertz CT molecular complexity index is 124. The molecule has 4 heteroatoms. The quantitative estimate of drug-likeness (QED) is 0.446. The Hall–Kier alpha value is -0.610. The fraction of sp³-hybridized carbons (Fsp3) is 0.875. The van der Waals surface area contributed by atoms with Gasteiger partial charge in [-0.3, -0.25) is 0 Å². The van der Waals surface area contributed by atoms with Crippen LogP contribution in [0.25, 0.3) is 0 Å². The standard InChI is InChI=1S/C8H16O4/c1-4-6-12-8(10-3)7(9)11-5-2/h8H,4-6H2,1-3H3. The zero-order valence-electron chi connectivity index (χ0n) is 7.83. The van der Waals surface area contributed by atoms with Crippen LogP contribution in [0.5, 0.6) is 0 Å². The SMILES string of the molecule is CCCOC(OC)C(=O)OCC. The summed E-state index contributed by atoms with van der Waals surface area (Å²) >= 11 is 0. The third kappa shape index (κ3) is 4.31. The second-order valence-corrected chi connectivity index (χ2v) is 2.19. The molecule has 0 rings (SSSR count). The summed E-state index contributed by atoms with van der Waals surface area (Å²) in [6, 6.07) is 0. The number of esters is 1. The predicted octanol–water partition coefficient (Wildman–Crippen LogP) is 0.949. The van der Waals surface area contributed by atoms with Crippen LogP contribution in [0.3, 0.4) is 0 Å². The molecule has 0 aromatic heterocycles. The molecule has 0 saturated carbocycles. The van der Waals surface area contributed by atoms with Crippen molar-refractivity contribution in [3.63, 3.8) is 0 Å². The van der Waals surface area contributed by atoms with Crippen molar-refractivity contribution in [2.75, 3.05) is 20.3 Å². The van der Waals surface area contributed by atoms with E-state index in [1.165, 1.54) is 7.11 Å². The van der Waals surface area contributed by atoms with Crippen LogP contribution >= 0.6 is 0 Å². The largest absolute Gasteiger partial charge is 0.462 e. The number of carbonyl (C=O) groups excluding carboxylic acids is 1. The van der Waals surface area contributed by atoms with E-state index < -0.39 is 12.3 Å². The molecular formula is C8H16O4. The Labute approximate surface area is 72.8 Å². The lowest BCUT2D eigenvalue weighted by Gasteiger charge is -2.13. The molecule has 0 heterocycles. The van der Waals surface area contributed by atoms with Crippen LogP contribution in [0.4, 0.5) is 0 Å². The van der Waals surface area contributed by atoms with Crippen LogP contribution in [-0.2, 0) is 19.0 Å². The molecule has 0 saturated heterocycles. The fourth-order valence-corrected chi connectivity index (χ4v) is 0.667. The monoisotopic (exact) mass is 176 g/mol. The van der Waals surface area contributed by atoms with Crippen molar-refractivity contribution >= 4 is 5.97 Å². The summed E-state index contributed by atoms with van der Waals surface area (Å²) in [7, 11) is 1.41. The smallest absolute Gasteiger partial charge is 0.363 e. The highest BCUT2D eigenvalue weighted by atomic mass is 16.7. The topological polar surface area (TPSA) is 44.8 Å². The number of methoxy groups -OCH3 is 1. The molecule has 0 aliphatic heterocycles. The molecule has 72 valence electrons. The fourth-order valence-electron chi connectivity index (χ4n) is 0.667. The molecule has 0 fully saturated rings. The van der Waals surface area contributed by atoms with Crippen LogP contribution in [-0.4, -0.2) is 32.6 Å². The predicted molar refractivity (Wildman–Crippen MR) is 43.7 cm³/mol. The van der Waals surface area contributed by atoms with Gasteiger partial charge in [0, 0.05) is 7.11 Å². The molecule has 0 aromatic rings. The molecule has 0 aromatic carbocycles. The normalized spacial score (nSPS) is 12.6. The number of ether oxygens (including phenoxy) is 3. The Morgan fingerprint density at radius 3 is 2.50 bits per heavy atom. The van der Waals surface area contributed by atoms with Gasteiger partial charge < -0.3 is 14.2 Å². The number of hydrogen-bond acceptors (Lipinski definition) is 4. The number of carbonyl (C=O) groups is 1. The Morgan fingerprint density at radius 2 is 2.08 bits per heavy atom. The molecular weight excluding hydrogens is 160 g/mol. The summed E-state index contributed by atoms with van der Waals surface area (Å²) in [6.07, 6.45) is -0.0240. The molecule has 0 aliphatic carbocycles. The van der Waals surface area contributed by atoms with E-state index in [2.05, 4.69) is 0 Å². The van der Waals surface area contributed by atoms with Crippen LogP contribution in [0, 0.1) is 0 Å². The van der Waals surface area contributed by atoms with Gasteiger partial charge in [-0.15, -0.1) is 0 Å². The first-order valence-corrected chi connectivity index (χ1v) is 4.07. The lowest BCUT2D eigenvalue weighted by molar-refractivity contribution is -0.188. The van der Waals surface area contributed by atoms with Gasteiger partial charge in [-0.05, 0) is 13.3 Å². The van der Waals surface area contributed by atoms with E-state index in [-0.39, 0.29) is 0 Å². The first kappa shape index (κ1) is 11.4. The lowest BCUT2D eigenvalue weighted by atomic mass is 10.5. The second-order valence-electron chi connectivity index (χ2n) is 2.19. The third-order valence-corrected chi connectivity index (χ3v) is 1.17. The minimum atomic E-state index is -0.870. The molecule has 0 aliphatic rings. The van der Waals surface area contributed by atoms with Gasteiger partial charge in [0.05, 0.1) is 13.2 Å². The first-order valence-electron chi connectivity index (χ1n) is 4.07. The van der Waals surface area contributed by atoms with E-state index in [0.29, 0.717) is 13.2 Å². The van der Waals surface area contributed by atoms with Gasteiger partial charge in [-0.2, -0.15) is 0 Å². The minimum absolute atomic E-state index is 0.341. The van der Waals surface area contributed by atoms with E-state index in [1.807, 2.05) is 6.92 Å². The molecule has 0 spiro atoms. The molecule has 1 atom stereocenters. The maximum absolute atomic E-state index is 11.0. The highest BCUT2D eigenvalue weighted by Gasteiger charge is 2.18. The molecule has 0 bridgehead atoms. The van der Waals surface area contributed by atoms with E-state index >= 15 is 0 Å². The highest BCUT2D eigenvalue weighted by Crippen LogP contribution is 1.97. The minimum Gasteiger partial charge on any atom is -0.462 e. The Kier molecular flexibility index (Phi) is 6.70. The maximum Gasteiger partial charge on any atom is 0.363 e. The van der Waals surface area contributed by atoms with Crippen LogP contribution < -0.4 is 0 Å². The first-order chi connectivity index (χ1) is 5.76. The van der Waals surface area contributed by atoms with Crippen molar-refractivity contribution in [2.24, 2.45) is 0 Å². The van der Waals surface area contributed by atoms with Crippen LogP contribution in [0.1, 0.15) is 20.3 Å². The maximum atomic E-state index is 11.0. The summed E-state index contributed by atoms with van der Waals surface area (Å²) in [4.78, 5) is 11.0.